The average molecular weight is 428 g/mol. The van der Waals surface area contributed by atoms with Crippen molar-refractivity contribution < 1.29 is 9.47 Å². The van der Waals surface area contributed by atoms with Gasteiger partial charge in [-0.2, -0.15) is 0 Å². The molecular formula is C23H29N3O3S. The Bertz CT molecular complexity index is 1020. The fourth-order valence-electron chi connectivity index (χ4n) is 4.00. The zero-order chi connectivity index (χ0) is 20.9. The summed E-state index contributed by atoms with van der Waals surface area (Å²) in [5.74, 6) is 1.26. The first-order chi connectivity index (χ1) is 14.7. The first-order valence-electron chi connectivity index (χ1n) is 10.4. The van der Waals surface area contributed by atoms with Gasteiger partial charge in [-0.15, -0.1) is 0 Å². The minimum atomic E-state index is 0.0589. The molecule has 1 aliphatic rings. The lowest BCUT2D eigenvalue weighted by atomic mass is 10.2. The summed E-state index contributed by atoms with van der Waals surface area (Å²) in [4.78, 5) is 17.8. The Hall–Kier alpha value is -2.35. The van der Waals surface area contributed by atoms with Crippen LogP contribution in [-0.4, -0.2) is 60.7 Å². The Balaban J connectivity index is 1.29. The molecular weight excluding hydrogens is 398 g/mol. The van der Waals surface area contributed by atoms with Crippen molar-refractivity contribution in [2.24, 2.45) is 0 Å². The number of aryl methyl sites for hydroxylation is 1. The zero-order valence-electron chi connectivity index (χ0n) is 17.7. The topological polar surface area (TPSA) is 46.9 Å². The monoisotopic (exact) mass is 427 g/mol. The van der Waals surface area contributed by atoms with Crippen molar-refractivity contribution in [3.05, 3.63) is 58.4 Å². The molecule has 0 N–H and O–H groups in total. The predicted molar refractivity (Wildman–Crippen MR) is 122 cm³/mol. The normalized spacial score (nSPS) is 15.5. The van der Waals surface area contributed by atoms with E-state index in [4.69, 9.17) is 9.47 Å². The van der Waals surface area contributed by atoms with Gasteiger partial charge in [0, 0.05) is 45.3 Å². The second-order valence-electron chi connectivity index (χ2n) is 7.66. The van der Waals surface area contributed by atoms with Gasteiger partial charge in [0.2, 0.25) is 0 Å². The van der Waals surface area contributed by atoms with Crippen molar-refractivity contribution in [1.29, 1.82) is 0 Å². The highest BCUT2D eigenvalue weighted by atomic mass is 32.1. The average Bonchev–Trinajstić information content (AvgIpc) is 3.09. The van der Waals surface area contributed by atoms with Gasteiger partial charge in [0.15, 0.2) is 11.5 Å². The second-order valence-corrected chi connectivity index (χ2v) is 8.72. The lowest BCUT2D eigenvalue weighted by Gasteiger charge is -2.34. The van der Waals surface area contributed by atoms with Gasteiger partial charge in [0.05, 0.1) is 24.3 Å². The van der Waals surface area contributed by atoms with Crippen LogP contribution in [0.2, 0.25) is 0 Å². The van der Waals surface area contributed by atoms with E-state index in [-0.39, 0.29) is 5.56 Å². The Morgan fingerprint density at radius 3 is 2.27 bits per heavy atom. The van der Waals surface area contributed by atoms with Crippen LogP contribution >= 0.6 is 11.5 Å². The van der Waals surface area contributed by atoms with Gasteiger partial charge in [0.25, 0.3) is 5.56 Å². The van der Waals surface area contributed by atoms with Crippen molar-refractivity contribution in [3.63, 3.8) is 0 Å². The summed E-state index contributed by atoms with van der Waals surface area (Å²) in [6.07, 6.45) is 0.972. The van der Waals surface area contributed by atoms with E-state index in [9.17, 15) is 4.79 Å². The molecule has 0 bridgehead atoms. The maximum absolute atomic E-state index is 12.8. The molecule has 4 rings (SSSR count). The number of fused-ring (bicyclic) bond motifs is 1. The van der Waals surface area contributed by atoms with Gasteiger partial charge < -0.3 is 14.4 Å². The minimum absolute atomic E-state index is 0.0589. The van der Waals surface area contributed by atoms with E-state index in [2.05, 4.69) is 40.1 Å². The smallest absolute Gasteiger partial charge is 0.268 e. The molecule has 1 aliphatic heterocycles. The maximum atomic E-state index is 12.8. The summed E-state index contributed by atoms with van der Waals surface area (Å²) in [6, 6.07) is 14.3. The highest BCUT2D eigenvalue weighted by molar-refractivity contribution is 7.13. The van der Waals surface area contributed by atoms with E-state index < -0.39 is 0 Å². The van der Waals surface area contributed by atoms with E-state index in [0.29, 0.717) is 16.9 Å². The van der Waals surface area contributed by atoms with Gasteiger partial charge in [-0.05, 0) is 24.6 Å². The van der Waals surface area contributed by atoms with Gasteiger partial charge in [-0.25, -0.2) is 0 Å². The molecule has 0 aliphatic carbocycles. The molecule has 30 heavy (non-hydrogen) atoms. The van der Waals surface area contributed by atoms with Crippen LogP contribution in [-0.2, 0) is 13.1 Å². The number of hydrogen-bond acceptors (Lipinski definition) is 6. The Kier molecular flexibility index (Phi) is 6.72. The van der Waals surface area contributed by atoms with Crippen LogP contribution in [0.15, 0.2) is 47.3 Å². The van der Waals surface area contributed by atoms with Crippen molar-refractivity contribution in [1.82, 2.24) is 13.8 Å². The third-order valence-electron chi connectivity index (χ3n) is 5.70. The van der Waals surface area contributed by atoms with Crippen molar-refractivity contribution in [3.8, 4) is 11.5 Å². The number of hydrogen-bond donors (Lipinski definition) is 0. The third-order valence-corrected chi connectivity index (χ3v) is 6.80. The molecule has 1 aromatic heterocycles. The van der Waals surface area contributed by atoms with Crippen molar-refractivity contribution >= 4 is 21.6 Å². The van der Waals surface area contributed by atoms with Gasteiger partial charge >= 0.3 is 0 Å². The van der Waals surface area contributed by atoms with Crippen LogP contribution in [0.3, 0.4) is 0 Å². The Morgan fingerprint density at radius 2 is 1.57 bits per heavy atom. The molecule has 1 saturated heterocycles. The number of rotatable bonds is 8. The number of piperazine rings is 1. The van der Waals surface area contributed by atoms with E-state index in [1.165, 1.54) is 17.1 Å². The number of ether oxygens (including phenoxy) is 2. The van der Waals surface area contributed by atoms with Crippen LogP contribution in [0.5, 0.6) is 11.5 Å². The SMILES string of the molecule is COc1cc2sn(CCCN3CCN(Cc4ccccc4)CC3)c(=O)c2cc1OC. The van der Waals surface area contributed by atoms with E-state index in [1.54, 1.807) is 20.3 Å². The van der Waals surface area contributed by atoms with Crippen LogP contribution < -0.4 is 15.0 Å². The quantitative estimate of drug-likeness (QED) is 0.552. The molecule has 2 heterocycles. The van der Waals surface area contributed by atoms with Gasteiger partial charge in [0.1, 0.15) is 0 Å². The molecule has 0 atom stereocenters. The molecule has 7 heteroatoms. The van der Waals surface area contributed by atoms with Crippen LogP contribution in [0.25, 0.3) is 10.1 Å². The zero-order valence-corrected chi connectivity index (χ0v) is 18.5. The van der Waals surface area contributed by atoms with Crippen LogP contribution in [0.1, 0.15) is 12.0 Å². The van der Waals surface area contributed by atoms with E-state index in [1.807, 2.05) is 10.0 Å². The first-order valence-corrected chi connectivity index (χ1v) is 11.2. The molecule has 0 unspecified atom stereocenters. The molecule has 0 radical (unpaired) electrons. The van der Waals surface area contributed by atoms with E-state index in [0.717, 1.165) is 56.9 Å². The molecule has 160 valence electrons. The molecule has 3 aromatic rings. The van der Waals surface area contributed by atoms with Gasteiger partial charge in [-0.1, -0.05) is 41.9 Å². The highest BCUT2D eigenvalue weighted by Gasteiger charge is 2.17. The summed E-state index contributed by atoms with van der Waals surface area (Å²) in [6.45, 7) is 7.15. The largest absolute Gasteiger partial charge is 0.493 e. The van der Waals surface area contributed by atoms with Crippen molar-refractivity contribution in [2.75, 3.05) is 46.9 Å². The molecule has 2 aromatic carbocycles. The number of benzene rings is 2. The summed E-state index contributed by atoms with van der Waals surface area (Å²) in [5.41, 5.74) is 1.44. The Labute approximate surface area is 181 Å². The summed E-state index contributed by atoms with van der Waals surface area (Å²) < 4.78 is 13.5. The lowest BCUT2D eigenvalue weighted by Crippen LogP contribution is -2.46. The van der Waals surface area contributed by atoms with E-state index >= 15 is 0 Å². The summed E-state index contributed by atoms with van der Waals surface area (Å²) in [7, 11) is 3.21. The minimum Gasteiger partial charge on any atom is -0.493 e. The number of aromatic nitrogens is 1. The number of methoxy groups -OCH3 is 2. The van der Waals surface area contributed by atoms with Crippen LogP contribution in [0.4, 0.5) is 0 Å². The molecule has 0 saturated carbocycles. The maximum Gasteiger partial charge on any atom is 0.268 e. The van der Waals surface area contributed by atoms with Gasteiger partial charge in [-0.3, -0.25) is 13.7 Å². The van der Waals surface area contributed by atoms with Crippen LogP contribution in [0, 0.1) is 0 Å². The molecule has 0 amide bonds. The summed E-state index contributed by atoms with van der Waals surface area (Å²) in [5, 5.41) is 0.701. The van der Waals surface area contributed by atoms with Crippen molar-refractivity contribution in [2.45, 2.75) is 19.5 Å². The lowest BCUT2D eigenvalue weighted by molar-refractivity contribution is 0.125. The second kappa shape index (κ2) is 9.64. The molecule has 0 spiro atoms. The predicted octanol–water partition coefficient (Wildman–Crippen LogP) is 3.29. The fourth-order valence-corrected chi connectivity index (χ4v) is 5.04. The first kappa shape index (κ1) is 20.9. The third kappa shape index (κ3) is 4.69. The molecule has 1 fully saturated rings. The Morgan fingerprint density at radius 1 is 0.900 bits per heavy atom. The summed E-state index contributed by atoms with van der Waals surface area (Å²) >= 11 is 1.50. The fraction of sp³-hybridized carbons (Fsp3) is 0.435. The number of nitrogens with zero attached hydrogens (tertiary/aromatic N) is 3. The standard InChI is InChI=1S/C23H29N3O3S/c1-28-20-15-19-22(16-21(20)29-2)30-26(23(19)27)10-6-9-24-11-13-25(14-12-24)17-18-7-4-3-5-8-18/h3-5,7-8,15-16H,6,9-14,17H2,1-2H3. The highest BCUT2D eigenvalue weighted by Crippen LogP contribution is 2.32. The molecule has 6 nitrogen and oxygen atoms in total.